The van der Waals surface area contributed by atoms with Gasteiger partial charge in [-0.3, -0.25) is 14.8 Å². The number of aliphatic imine (C=N–C) groups is 2. The first kappa shape index (κ1) is 19.3. The second-order valence-electron chi connectivity index (χ2n) is 5.60. The second-order valence-corrected chi connectivity index (χ2v) is 6.85. The van der Waals surface area contributed by atoms with Gasteiger partial charge in [0, 0.05) is 22.7 Å². The molecule has 7 nitrogen and oxygen atoms in total. The zero-order valence-electron chi connectivity index (χ0n) is 14.3. The molecule has 0 N–H and O–H groups in total. The van der Waals surface area contributed by atoms with Gasteiger partial charge in [-0.2, -0.15) is 0 Å². The van der Waals surface area contributed by atoms with Gasteiger partial charge in [-0.05, 0) is 36.8 Å². The van der Waals surface area contributed by atoms with Crippen molar-refractivity contribution in [2.75, 3.05) is 7.11 Å². The highest BCUT2D eigenvalue weighted by Gasteiger charge is 2.26. The monoisotopic (exact) mass is 447 g/mol. The van der Waals surface area contributed by atoms with Gasteiger partial charge in [0.25, 0.3) is 0 Å². The molecule has 9 heteroatoms. The smallest absolute Gasteiger partial charge is 0.397 e. The fourth-order valence-corrected chi connectivity index (χ4v) is 3.24. The maximum atomic E-state index is 11.6. The van der Waals surface area contributed by atoms with Crippen LogP contribution in [0.15, 0.2) is 57.1 Å². The van der Waals surface area contributed by atoms with Gasteiger partial charge in [0.15, 0.2) is 0 Å². The Bertz CT molecular complexity index is 918. The molecule has 1 aromatic heterocycles. The number of hydrogen-bond donors (Lipinski definition) is 0. The Hall–Kier alpha value is -2.44. The number of esters is 1. The van der Waals surface area contributed by atoms with Crippen LogP contribution in [0.1, 0.15) is 24.1 Å². The predicted molar refractivity (Wildman–Crippen MR) is 105 cm³/mol. The first-order valence-corrected chi connectivity index (χ1v) is 9.59. The molecular formula is C18H15BrN3O4P. The zero-order chi connectivity index (χ0) is 19.2. The molecule has 1 aliphatic rings. The number of methoxy groups -OCH3 is 1. The van der Waals surface area contributed by atoms with Crippen molar-refractivity contribution in [2.45, 2.75) is 18.9 Å². The molecule has 1 atom stereocenters. The van der Waals surface area contributed by atoms with E-state index in [-0.39, 0.29) is 18.3 Å². The summed E-state index contributed by atoms with van der Waals surface area (Å²) in [6.45, 7) is 0. The van der Waals surface area contributed by atoms with Crippen molar-refractivity contribution in [1.82, 2.24) is 4.98 Å². The summed E-state index contributed by atoms with van der Waals surface area (Å²) in [5, 5.41) is 0. The number of ether oxygens (including phenoxy) is 1. The predicted octanol–water partition coefficient (Wildman–Crippen LogP) is 4.27. The standard InChI is InChI=1S/C18H15BrN3O4P/c1-25-16(23)8-7-15-18(26-27-24)22-13-6-5-11(19)10-12(13)17(21-15)14-4-2-3-9-20-14/h2-6,9-10,15H,7-8H2,1H3/t15-/m0/s1. The van der Waals surface area contributed by atoms with Crippen LogP contribution in [0.4, 0.5) is 5.69 Å². The van der Waals surface area contributed by atoms with Crippen LogP contribution in [0.5, 0.6) is 0 Å². The highest BCUT2D eigenvalue weighted by Crippen LogP contribution is 2.31. The van der Waals surface area contributed by atoms with E-state index in [2.05, 4.69) is 25.9 Å². The van der Waals surface area contributed by atoms with Gasteiger partial charge in [0.05, 0.1) is 24.2 Å². The Labute approximate surface area is 166 Å². The average molecular weight is 448 g/mol. The highest BCUT2D eigenvalue weighted by molar-refractivity contribution is 9.10. The molecule has 0 unspecified atom stereocenters. The van der Waals surface area contributed by atoms with Crippen LogP contribution >= 0.6 is 24.6 Å². The number of carbonyl (C=O) groups excluding carboxylic acids is 1. The van der Waals surface area contributed by atoms with Crippen molar-refractivity contribution in [1.29, 1.82) is 0 Å². The number of hydrogen-bond acceptors (Lipinski definition) is 7. The minimum absolute atomic E-state index is 0.123. The second kappa shape index (κ2) is 8.97. The lowest BCUT2D eigenvalue weighted by molar-refractivity contribution is -0.140. The van der Waals surface area contributed by atoms with Gasteiger partial charge in [-0.25, -0.2) is 9.56 Å². The quantitative estimate of drug-likeness (QED) is 0.504. The number of fused-ring (bicyclic) bond motifs is 1. The Balaban J connectivity index is 2.13. The van der Waals surface area contributed by atoms with E-state index in [0.29, 0.717) is 23.5 Å². The molecule has 1 aromatic carbocycles. The summed E-state index contributed by atoms with van der Waals surface area (Å²) in [5.41, 5.74) is 2.65. The lowest BCUT2D eigenvalue weighted by Gasteiger charge is -2.12. The molecule has 0 saturated carbocycles. The Morgan fingerprint density at radius 3 is 2.85 bits per heavy atom. The van der Waals surface area contributed by atoms with Crippen LogP contribution in [0, 0.1) is 0 Å². The Morgan fingerprint density at radius 2 is 2.15 bits per heavy atom. The summed E-state index contributed by atoms with van der Waals surface area (Å²) in [7, 11) is 0.786. The third kappa shape index (κ3) is 4.64. The number of nitrogens with zero attached hydrogens (tertiary/aromatic N) is 3. The van der Waals surface area contributed by atoms with Gasteiger partial charge in [-0.15, -0.1) is 0 Å². The van der Waals surface area contributed by atoms with E-state index >= 15 is 0 Å². The maximum Gasteiger partial charge on any atom is 0.397 e. The molecular weight excluding hydrogens is 433 g/mol. The molecule has 1 aliphatic heterocycles. The van der Waals surface area contributed by atoms with Gasteiger partial charge in [0.1, 0.15) is 6.04 Å². The lowest BCUT2D eigenvalue weighted by atomic mass is 10.0. The number of halogens is 1. The molecule has 138 valence electrons. The Kier molecular flexibility index (Phi) is 6.42. The topological polar surface area (TPSA) is 90.2 Å². The first-order chi connectivity index (χ1) is 13.1. The number of carbonyl (C=O) groups is 1. The molecule has 3 rings (SSSR count). The average Bonchev–Trinajstić information content (AvgIpc) is 2.84. The van der Waals surface area contributed by atoms with Crippen molar-refractivity contribution >= 4 is 47.9 Å². The summed E-state index contributed by atoms with van der Waals surface area (Å²) >= 11 is 3.47. The highest BCUT2D eigenvalue weighted by atomic mass is 79.9. The third-order valence-electron chi connectivity index (χ3n) is 3.90. The van der Waals surface area contributed by atoms with Crippen LogP contribution in [0.3, 0.4) is 0 Å². The molecule has 0 radical (unpaired) electrons. The van der Waals surface area contributed by atoms with Crippen molar-refractivity contribution in [3.63, 3.8) is 0 Å². The molecule has 2 heterocycles. The Morgan fingerprint density at radius 1 is 1.30 bits per heavy atom. The number of pyridine rings is 1. The van der Waals surface area contributed by atoms with Gasteiger partial charge in [-0.1, -0.05) is 22.0 Å². The van der Waals surface area contributed by atoms with Crippen molar-refractivity contribution in [2.24, 2.45) is 9.98 Å². The van der Waals surface area contributed by atoms with Crippen LogP contribution in [-0.2, 0) is 18.6 Å². The van der Waals surface area contributed by atoms with E-state index in [1.807, 2.05) is 36.4 Å². The van der Waals surface area contributed by atoms with Gasteiger partial charge < -0.3 is 9.26 Å². The molecule has 0 bridgehead atoms. The van der Waals surface area contributed by atoms with Crippen LogP contribution in [-0.4, -0.2) is 35.7 Å². The summed E-state index contributed by atoms with van der Waals surface area (Å²) in [4.78, 5) is 25.2. The SMILES string of the molecule is COC(=O)CC[C@@H]1N=C(c2ccccn2)c2cc(Br)ccc2N=C1OP=O. The van der Waals surface area contributed by atoms with E-state index < -0.39 is 14.7 Å². The molecule has 27 heavy (non-hydrogen) atoms. The number of rotatable bonds is 5. The summed E-state index contributed by atoms with van der Waals surface area (Å²) in [5.74, 6) is -0.196. The minimum Gasteiger partial charge on any atom is -0.469 e. The molecule has 2 aromatic rings. The summed E-state index contributed by atoms with van der Waals surface area (Å²) < 4.78 is 21.8. The normalized spacial score (nSPS) is 16.0. The van der Waals surface area contributed by atoms with E-state index in [0.717, 1.165) is 10.0 Å². The summed E-state index contributed by atoms with van der Waals surface area (Å²) in [6, 6.07) is 10.5. The third-order valence-corrected chi connectivity index (χ3v) is 4.66. The van der Waals surface area contributed by atoms with Crippen molar-refractivity contribution in [3.05, 3.63) is 58.3 Å². The van der Waals surface area contributed by atoms with Crippen LogP contribution in [0.2, 0.25) is 0 Å². The van der Waals surface area contributed by atoms with Gasteiger partial charge in [0.2, 0.25) is 5.90 Å². The minimum atomic E-state index is -0.603. The van der Waals surface area contributed by atoms with Crippen molar-refractivity contribution in [3.8, 4) is 0 Å². The van der Waals surface area contributed by atoms with Gasteiger partial charge >= 0.3 is 14.7 Å². The molecule has 0 aliphatic carbocycles. The summed E-state index contributed by atoms with van der Waals surface area (Å²) in [6.07, 6.45) is 2.10. The van der Waals surface area contributed by atoms with Crippen LogP contribution in [0.25, 0.3) is 0 Å². The molecule has 0 saturated heterocycles. The maximum absolute atomic E-state index is 11.6. The fraction of sp³-hybridized carbons (Fsp3) is 0.222. The van der Waals surface area contributed by atoms with E-state index in [1.165, 1.54) is 7.11 Å². The number of aromatic nitrogens is 1. The van der Waals surface area contributed by atoms with Crippen LogP contribution < -0.4 is 0 Å². The zero-order valence-corrected chi connectivity index (χ0v) is 16.8. The van der Waals surface area contributed by atoms with E-state index in [4.69, 9.17) is 14.3 Å². The lowest BCUT2D eigenvalue weighted by Crippen LogP contribution is -2.22. The number of benzene rings is 1. The first-order valence-electron chi connectivity index (χ1n) is 8.06. The van der Waals surface area contributed by atoms with E-state index in [1.54, 1.807) is 6.20 Å². The van der Waals surface area contributed by atoms with E-state index in [9.17, 15) is 9.36 Å². The molecule has 0 fully saturated rings. The fourth-order valence-electron chi connectivity index (χ4n) is 2.64. The molecule has 0 amide bonds. The largest absolute Gasteiger partial charge is 0.469 e. The molecule has 0 spiro atoms. The van der Waals surface area contributed by atoms with Crippen molar-refractivity contribution < 1.29 is 18.6 Å².